The molecule has 1 heterocycles. The maximum Gasteiger partial charge on any atom is 0.178 e. The van der Waals surface area contributed by atoms with E-state index in [1.54, 1.807) is 11.3 Å². The lowest BCUT2D eigenvalue weighted by Gasteiger charge is -2.64. The average molecular weight is 288 g/mol. The number of ketones is 1. The van der Waals surface area contributed by atoms with Crippen molar-refractivity contribution in [1.29, 1.82) is 0 Å². The van der Waals surface area contributed by atoms with Crippen LogP contribution >= 0.6 is 11.3 Å². The minimum atomic E-state index is -0.0276. The molecule has 2 atom stereocenters. The van der Waals surface area contributed by atoms with Gasteiger partial charge >= 0.3 is 0 Å². The lowest BCUT2D eigenvalue weighted by atomic mass is 9.39. The predicted octanol–water partition coefficient (Wildman–Crippen LogP) is 5.24. The van der Waals surface area contributed by atoms with Crippen LogP contribution in [-0.4, -0.2) is 5.78 Å². The van der Waals surface area contributed by atoms with Gasteiger partial charge in [0.05, 0.1) is 4.88 Å². The summed E-state index contributed by atoms with van der Waals surface area (Å²) in [5, 5.41) is 0. The number of hydrogen-bond donors (Lipinski definition) is 0. The van der Waals surface area contributed by atoms with Crippen molar-refractivity contribution in [2.45, 2.75) is 59.3 Å². The van der Waals surface area contributed by atoms with E-state index in [4.69, 9.17) is 0 Å². The van der Waals surface area contributed by atoms with Gasteiger partial charge in [-0.05, 0) is 74.3 Å². The summed E-state index contributed by atoms with van der Waals surface area (Å²) in [6.07, 6.45) is 7.51. The predicted molar refractivity (Wildman–Crippen MR) is 83.2 cm³/mol. The SMILES string of the molecule is Cc1ccc(C(=O)C23CC4CC(C)(CC(C)(C4)C2)C3)s1. The van der Waals surface area contributed by atoms with E-state index in [2.05, 4.69) is 32.9 Å². The first kappa shape index (κ1) is 13.1. The fraction of sp³-hybridized carbons (Fsp3) is 0.722. The molecular formula is C18H24OS. The van der Waals surface area contributed by atoms with Gasteiger partial charge in [0.2, 0.25) is 0 Å². The molecule has 0 aromatic carbocycles. The molecule has 4 bridgehead atoms. The van der Waals surface area contributed by atoms with E-state index >= 15 is 0 Å². The molecule has 4 fully saturated rings. The van der Waals surface area contributed by atoms with Gasteiger partial charge in [0, 0.05) is 10.3 Å². The van der Waals surface area contributed by atoms with Gasteiger partial charge in [-0.1, -0.05) is 13.8 Å². The third-order valence-electron chi connectivity index (χ3n) is 6.07. The van der Waals surface area contributed by atoms with Crippen molar-refractivity contribution in [2.24, 2.45) is 22.2 Å². The highest BCUT2D eigenvalue weighted by atomic mass is 32.1. The maximum atomic E-state index is 13.2. The van der Waals surface area contributed by atoms with Gasteiger partial charge in [-0.25, -0.2) is 0 Å². The highest BCUT2D eigenvalue weighted by molar-refractivity contribution is 7.14. The van der Waals surface area contributed by atoms with Crippen molar-refractivity contribution < 1.29 is 4.79 Å². The zero-order valence-electron chi connectivity index (χ0n) is 12.8. The summed E-state index contributed by atoms with van der Waals surface area (Å²) in [6, 6.07) is 4.16. The summed E-state index contributed by atoms with van der Waals surface area (Å²) in [7, 11) is 0. The Morgan fingerprint density at radius 3 is 2.25 bits per heavy atom. The summed E-state index contributed by atoms with van der Waals surface area (Å²) >= 11 is 1.69. The molecule has 0 N–H and O–H groups in total. The van der Waals surface area contributed by atoms with Gasteiger partial charge in [0.1, 0.15) is 0 Å². The Bertz CT molecular complexity index is 566. The number of carbonyl (C=O) groups excluding carboxylic acids is 1. The second kappa shape index (κ2) is 3.76. The summed E-state index contributed by atoms with van der Waals surface area (Å²) < 4.78 is 0. The number of rotatable bonds is 2. The van der Waals surface area contributed by atoms with Crippen LogP contribution in [0.5, 0.6) is 0 Å². The van der Waals surface area contributed by atoms with E-state index in [9.17, 15) is 4.79 Å². The molecule has 0 aliphatic heterocycles. The fourth-order valence-electron chi connectivity index (χ4n) is 6.52. The molecule has 0 radical (unpaired) electrons. The molecule has 108 valence electrons. The lowest BCUT2D eigenvalue weighted by Crippen LogP contribution is -2.57. The van der Waals surface area contributed by atoms with Gasteiger partial charge in [-0.15, -0.1) is 11.3 Å². The molecule has 4 aliphatic rings. The highest BCUT2D eigenvalue weighted by Gasteiger charge is 2.62. The van der Waals surface area contributed by atoms with Crippen LogP contribution in [0.25, 0.3) is 0 Å². The van der Waals surface area contributed by atoms with Gasteiger partial charge in [0.25, 0.3) is 0 Å². The summed E-state index contributed by atoms with van der Waals surface area (Å²) in [6.45, 7) is 6.98. The molecule has 0 spiro atoms. The largest absolute Gasteiger partial charge is 0.293 e. The van der Waals surface area contributed by atoms with Crippen LogP contribution in [0.1, 0.15) is 66.9 Å². The molecule has 4 aliphatic carbocycles. The number of carbonyl (C=O) groups is 1. The van der Waals surface area contributed by atoms with Crippen LogP contribution in [0.4, 0.5) is 0 Å². The van der Waals surface area contributed by atoms with Gasteiger partial charge in [-0.2, -0.15) is 0 Å². The Balaban J connectivity index is 1.75. The van der Waals surface area contributed by atoms with Crippen LogP contribution < -0.4 is 0 Å². The van der Waals surface area contributed by atoms with Crippen LogP contribution in [0, 0.1) is 29.1 Å². The molecule has 0 saturated heterocycles. The minimum Gasteiger partial charge on any atom is -0.293 e. The molecule has 1 nitrogen and oxygen atoms in total. The standard InChI is InChI=1S/C18H24OS/c1-12-4-5-14(20-12)15(19)18-8-13-6-16(2,10-18)9-17(3,7-13)11-18/h4-5,13H,6-11H2,1-3H3. The summed E-state index contributed by atoms with van der Waals surface area (Å²) in [5.41, 5.74) is 0.826. The zero-order valence-corrected chi connectivity index (χ0v) is 13.6. The smallest absolute Gasteiger partial charge is 0.178 e. The van der Waals surface area contributed by atoms with Crippen molar-refractivity contribution in [2.75, 3.05) is 0 Å². The molecule has 4 saturated carbocycles. The van der Waals surface area contributed by atoms with Crippen LogP contribution in [0.3, 0.4) is 0 Å². The molecule has 2 unspecified atom stereocenters. The topological polar surface area (TPSA) is 17.1 Å². The number of Topliss-reactive ketones (excluding diaryl/α,β-unsaturated/α-hetero) is 1. The van der Waals surface area contributed by atoms with Crippen molar-refractivity contribution >= 4 is 17.1 Å². The van der Waals surface area contributed by atoms with E-state index in [-0.39, 0.29) is 5.41 Å². The van der Waals surface area contributed by atoms with E-state index in [0.29, 0.717) is 16.6 Å². The average Bonchev–Trinajstić information content (AvgIpc) is 2.69. The molecule has 0 amide bonds. The van der Waals surface area contributed by atoms with Crippen LogP contribution in [0.15, 0.2) is 12.1 Å². The van der Waals surface area contributed by atoms with Crippen molar-refractivity contribution in [1.82, 2.24) is 0 Å². The molecular weight excluding hydrogens is 264 g/mol. The summed E-state index contributed by atoms with van der Waals surface area (Å²) in [4.78, 5) is 15.5. The van der Waals surface area contributed by atoms with Gasteiger partial charge in [-0.3, -0.25) is 4.79 Å². The summed E-state index contributed by atoms with van der Waals surface area (Å²) in [5.74, 6) is 1.27. The van der Waals surface area contributed by atoms with Crippen molar-refractivity contribution in [3.8, 4) is 0 Å². The van der Waals surface area contributed by atoms with E-state index in [1.807, 2.05) is 0 Å². The van der Waals surface area contributed by atoms with Crippen LogP contribution in [0.2, 0.25) is 0 Å². The minimum absolute atomic E-state index is 0.0276. The quantitative estimate of drug-likeness (QED) is 0.680. The molecule has 5 rings (SSSR count). The fourth-order valence-corrected chi connectivity index (χ4v) is 7.45. The molecule has 20 heavy (non-hydrogen) atoms. The van der Waals surface area contributed by atoms with E-state index < -0.39 is 0 Å². The lowest BCUT2D eigenvalue weighted by molar-refractivity contribution is -0.125. The number of hydrogen-bond acceptors (Lipinski definition) is 2. The second-order valence-corrected chi connectivity index (χ2v) is 9.94. The van der Waals surface area contributed by atoms with E-state index in [1.165, 1.54) is 24.1 Å². The van der Waals surface area contributed by atoms with E-state index in [0.717, 1.165) is 30.1 Å². The Hall–Kier alpha value is -0.630. The van der Waals surface area contributed by atoms with Gasteiger partial charge < -0.3 is 0 Å². The number of thiophene rings is 1. The second-order valence-electron chi connectivity index (χ2n) is 8.65. The van der Waals surface area contributed by atoms with Crippen molar-refractivity contribution in [3.63, 3.8) is 0 Å². The number of aryl methyl sites for hydroxylation is 1. The van der Waals surface area contributed by atoms with Crippen molar-refractivity contribution in [3.05, 3.63) is 21.9 Å². The molecule has 1 aromatic rings. The Morgan fingerprint density at radius 2 is 1.75 bits per heavy atom. The maximum absolute atomic E-state index is 13.2. The highest BCUT2D eigenvalue weighted by Crippen LogP contribution is 2.70. The Kier molecular flexibility index (Phi) is 2.46. The Labute approximate surface area is 125 Å². The third-order valence-corrected chi connectivity index (χ3v) is 7.07. The first-order valence-corrected chi connectivity index (χ1v) is 8.75. The first-order chi connectivity index (χ1) is 9.32. The monoisotopic (exact) mass is 288 g/mol. The third kappa shape index (κ3) is 1.76. The normalized spacial score (nSPS) is 45.9. The van der Waals surface area contributed by atoms with Gasteiger partial charge in [0.15, 0.2) is 5.78 Å². The zero-order chi connectivity index (χ0) is 14.2. The Morgan fingerprint density at radius 1 is 1.10 bits per heavy atom. The molecule has 1 aromatic heterocycles. The van der Waals surface area contributed by atoms with Crippen LogP contribution in [-0.2, 0) is 0 Å². The first-order valence-electron chi connectivity index (χ1n) is 7.93. The molecule has 2 heteroatoms.